The van der Waals surface area contributed by atoms with Crippen molar-refractivity contribution in [3.63, 3.8) is 0 Å². The van der Waals surface area contributed by atoms with Gasteiger partial charge in [-0.25, -0.2) is 4.98 Å². The number of fused-ring (bicyclic) bond motifs is 1. The maximum absolute atomic E-state index is 13.3. The third-order valence-corrected chi connectivity index (χ3v) is 6.35. The Morgan fingerprint density at radius 1 is 0.947 bits per heavy atom. The number of likely N-dealkylation sites (N-methyl/N-ethyl adjacent to an activating group) is 2. The van der Waals surface area contributed by atoms with E-state index in [1.54, 1.807) is 24.1 Å². The van der Waals surface area contributed by atoms with Crippen LogP contribution in [0.2, 0.25) is 5.02 Å². The van der Waals surface area contributed by atoms with E-state index < -0.39 is 0 Å². The second-order valence-corrected chi connectivity index (χ2v) is 9.81. The van der Waals surface area contributed by atoms with Crippen molar-refractivity contribution in [3.8, 4) is 5.75 Å². The second kappa shape index (κ2) is 12.6. The molecular formula is C29H32ClN5O3. The Labute approximate surface area is 227 Å². The molecule has 0 spiro atoms. The van der Waals surface area contributed by atoms with Crippen molar-refractivity contribution in [2.75, 3.05) is 40.8 Å². The van der Waals surface area contributed by atoms with Crippen molar-refractivity contribution in [2.24, 2.45) is 0 Å². The van der Waals surface area contributed by atoms with Gasteiger partial charge in [-0.1, -0.05) is 54.1 Å². The molecule has 0 unspecified atom stereocenters. The first-order valence-corrected chi connectivity index (χ1v) is 12.8. The third kappa shape index (κ3) is 7.12. The summed E-state index contributed by atoms with van der Waals surface area (Å²) in [5.41, 5.74) is 3.39. The van der Waals surface area contributed by atoms with Gasteiger partial charge in [0.05, 0.1) is 11.0 Å². The molecule has 2 amide bonds. The highest BCUT2D eigenvalue weighted by Gasteiger charge is 2.18. The van der Waals surface area contributed by atoms with E-state index in [4.69, 9.17) is 16.3 Å². The van der Waals surface area contributed by atoms with E-state index >= 15 is 0 Å². The summed E-state index contributed by atoms with van der Waals surface area (Å²) in [4.78, 5) is 33.9. The van der Waals surface area contributed by atoms with E-state index in [0.29, 0.717) is 35.2 Å². The summed E-state index contributed by atoms with van der Waals surface area (Å²) in [6.07, 6.45) is 0. The van der Waals surface area contributed by atoms with E-state index in [2.05, 4.69) is 10.3 Å². The molecule has 1 heterocycles. The molecule has 3 aromatic carbocycles. The summed E-state index contributed by atoms with van der Waals surface area (Å²) in [7, 11) is 5.70. The van der Waals surface area contributed by atoms with Crippen LogP contribution in [0.25, 0.3) is 11.0 Å². The lowest BCUT2D eigenvalue weighted by Crippen LogP contribution is -2.36. The van der Waals surface area contributed by atoms with E-state index in [-0.39, 0.29) is 25.0 Å². The fourth-order valence-corrected chi connectivity index (χ4v) is 4.10. The predicted molar refractivity (Wildman–Crippen MR) is 150 cm³/mol. The Morgan fingerprint density at radius 3 is 2.47 bits per heavy atom. The van der Waals surface area contributed by atoms with E-state index in [9.17, 15) is 9.59 Å². The molecule has 0 aliphatic rings. The smallest absolute Gasteiger partial charge is 0.287 e. The molecule has 198 valence electrons. The molecular weight excluding hydrogens is 502 g/mol. The van der Waals surface area contributed by atoms with Crippen LogP contribution in [-0.2, 0) is 17.9 Å². The zero-order valence-electron chi connectivity index (χ0n) is 21.9. The summed E-state index contributed by atoms with van der Waals surface area (Å²) in [5.74, 6) is 0.488. The van der Waals surface area contributed by atoms with Crippen molar-refractivity contribution >= 4 is 34.4 Å². The van der Waals surface area contributed by atoms with Gasteiger partial charge in [0.1, 0.15) is 5.75 Å². The lowest BCUT2D eigenvalue weighted by Gasteiger charge is -2.19. The fourth-order valence-electron chi connectivity index (χ4n) is 3.93. The third-order valence-electron chi connectivity index (χ3n) is 6.12. The predicted octanol–water partition coefficient (Wildman–Crippen LogP) is 4.07. The highest BCUT2D eigenvalue weighted by molar-refractivity contribution is 6.31. The lowest BCUT2D eigenvalue weighted by molar-refractivity contribution is -0.132. The van der Waals surface area contributed by atoms with Gasteiger partial charge < -0.3 is 24.4 Å². The second-order valence-electron chi connectivity index (χ2n) is 9.38. The first-order chi connectivity index (χ1) is 18.3. The van der Waals surface area contributed by atoms with Gasteiger partial charge in [-0.15, -0.1) is 0 Å². The Kier molecular flexibility index (Phi) is 8.99. The number of rotatable bonds is 11. The zero-order valence-corrected chi connectivity index (χ0v) is 22.6. The lowest BCUT2D eigenvalue weighted by atomic mass is 10.2. The summed E-state index contributed by atoms with van der Waals surface area (Å²) >= 11 is 6.25. The molecule has 0 atom stereocenters. The molecule has 4 aromatic rings. The van der Waals surface area contributed by atoms with Gasteiger partial charge in [-0.3, -0.25) is 9.59 Å². The van der Waals surface area contributed by atoms with Crippen molar-refractivity contribution in [2.45, 2.75) is 13.1 Å². The molecule has 4 rings (SSSR count). The molecule has 38 heavy (non-hydrogen) atoms. The van der Waals surface area contributed by atoms with Gasteiger partial charge in [-0.2, -0.15) is 0 Å². The van der Waals surface area contributed by atoms with E-state index in [0.717, 1.165) is 23.2 Å². The summed E-state index contributed by atoms with van der Waals surface area (Å²) in [5, 5.41) is 3.55. The number of aromatic nitrogens is 2. The van der Waals surface area contributed by atoms with Gasteiger partial charge in [0.15, 0.2) is 12.4 Å². The normalized spacial score (nSPS) is 11.1. The molecule has 9 heteroatoms. The van der Waals surface area contributed by atoms with Crippen LogP contribution in [0, 0.1) is 0 Å². The van der Waals surface area contributed by atoms with Crippen LogP contribution in [0.4, 0.5) is 0 Å². The number of imidazole rings is 1. The Morgan fingerprint density at radius 2 is 1.71 bits per heavy atom. The number of halogens is 1. The Hall–Kier alpha value is -3.88. The maximum atomic E-state index is 13.3. The molecule has 0 saturated heterocycles. The molecule has 0 bridgehead atoms. The first-order valence-electron chi connectivity index (χ1n) is 12.4. The van der Waals surface area contributed by atoms with Crippen LogP contribution in [0.5, 0.6) is 5.75 Å². The minimum absolute atomic E-state index is 0.0498. The quantitative estimate of drug-likeness (QED) is 0.314. The number of nitrogens with zero attached hydrogens (tertiary/aromatic N) is 4. The molecule has 0 fully saturated rings. The van der Waals surface area contributed by atoms with Gasteiger partial charge in [0.25, 0.3) is 11.8 Å². The highest BCUT2D eigenvalue weighted by Crippen LogP contribution is 2.22. The molecule has 8 nitrogen and oxygen atoms in total. The Balaban J connectivity index is 1.42. The van der Waals surface area contributed by atoms with Gasteiger partial charge in [0.2, 0.25) is 0 Å². The van der Waals surface area contributed by atoms with E-state index in [1.807, 2.05) is 84.2 Å². The Bertz CT molecular complexity index is 1400. The first kappa shape index (κ1) is 27.2. The fraction of sp³-hybridized carbons (Fsp3) is 0.276. The molecule has 1 aromatic heterocycles. The molecule has 1 N–H and O–H groups in total. The molecule has 0 aliphatic carbocycles. The van der Waals surface area contributed by atoms with Crippen LogP contribution in [0.1, 0.15) is 21.7 Å². The number of carbonyl (C=O) groups excluding carboxylic acids is 2. The molecule has 0 aliphatic heterocycles. The van der Waals surface area contributed by atoms with Gasteiger partial charge >= 0.3 is 0 Å². The number of hydrogen-bond acceptors (Lipinski definition) is 5. The number of benzene rings is 3. The SMILES string of the molecule is CN(C)CCN(C)C(=O)COc1cccc(CNC(=O)c2nc3ccc(Cl)cc3n2Cc2ccccc2)c1. The highest BCUT2D eigenvalue weighted by atomic mass is 35.5. The number of amides is 2. The average Bonchev–Trinajstić information content (AvgIpc) is 3.27. The van der Waals surface area contributed by atoms with Crippen molar-refractivity contribution in [3.05, 3.63) is 94.8 Å². The van der Waals surface area contributed by atoms with Gasteiger partial charge in [0, 0.05) is 38.2 Å². The summed E-state index contributed by atoms with van der Waals surface area (Å²) in [6.45, 7) is 2.13. The van der Waals surface area contributed by atoms with E-state index in [1.165, 1.54) is 0 Å². The van der Waals surface area contributed by atoms with Crippen LogP contribution >= 0.6 is 11.6 Å². The minimum Gasteiger partial charge on any atom is -0.484 e. The van der Waals surface area contributed by atoms with Crippen LogP contribution < -0.4 is 10.1 Å². The topological polar surface area (TPSA) is 79.7 Å². The number of carbonyl (C=O) groups is 2. The maximum Gasteiger partial charge on any atom is 0.287 e. The largest absolute Gasteiger partial charge is 0.484 e. The van der Waals surface area contributed by atoms with Crippen molar-refractivity contribution < 1.29 is 14.3 Å². The monoisotopic (exact) mass is 533 g/mol. The summed E-state index contributed by atoms with van der Waals surface area (Å²) in [6, 6.07) is 22.6. The van der Waals surface area contributed by atoms with Gasteiger partial charge in [-0.05, 0) is 55.6 Å². The molecule has 0 radical (unpaired) electrons. The van der Waals surface area contributed by atoms with Crippen LogP contribution in [-0.4, -0.2) is 72.0 Å². The minimum atomic E-state index is -0.294. The van der Waals surface area contributed by atoms with Crippen molar-refractivity contribution in [1.29, 1.82) is 0 Å². The summed E-state index contributed by atoms with van der Waals surface area (Å²) < 4.78 is 7.60. The standard InChI is InChI=1S/C29H32ClN5O3/c1-33(2)14-15-34(3)27(36)20-38-24-11-7-10-22(16-24)18-31-29(37)28-32-25-13-12-23(30)17-26(25)35(28)19-21-8-5-4-6-9-21/h4-13,16-17H,14-15,18-20H2,1-3H3,(H,31,37). The average molecular weight is 534 g/mol. The van der Waals surface area contributed by atoms with Crippen LogP contribution in [0.15, 0.2) is 72.8 Å². The molecule has 0 saturated carbocycles. The van der Waals surface area contributed by atoms with Crippen LogP contribution in [0.3, 0.4) is 0 Å². The zero-order chi connectivity index (χ0) is 27.1. The number of ether oxygens (including phenoxy) is 1. The number of nitrogens with one attached hydrogen (secondary N) is 1. The number of hydrogen-bond donors (Lipinski definition) is 1. The van der Waals surface area contributed by atoms with Crippen molar-refractivity contribution in [1.82, 2.24) is 24.7 Å².